The monoisotopic (exact) mass is 485 g/mol. The third-order valence-electron chi connectivity index (χ3n) is 5.21. The first-order valence-electron chi connectivity index (χ1n) is 10.5. The number of hydrogen-bond donors (Lipinski definition) is 4. The van der Waals surface area contributed by atoms with Crippen LogP contribution < -0.4 is 0 Å². The second-order valence-electron chi connectivity index (χ2n) is 8.56. The topological polar surface area (TPSA) is 171 Å². The smallest absolute Gasteiger partial charge is 0.333 e. The number of nitrogens with one attached hydrogen (secondary N) is 1. The quantitative estimate of drug-likeness (QED) is 0.302. The van der Waals surface area contributed by atoms with Crippen LogP contribution >= 0.6 is 0 Å². The molecule has 2 aromatic rings. The lowest BCUT2D eigenvalue weighted by Gasteiger charge is -2.33. The molecule has 1 aromatic heterocycles. The highest BCUT2D eigenvalue weighted by Gasteiger charge is 2.25. The molecular weight excluding hydrogens is 454 g/mol. The summed E-state index contributed by atoms with van der Waals surface area (Å²) in [6.07, 6.45) is 1.93. The number of aromatic nitrogens is 1. The number of hydroxylamine groups is 3. The highest BCUT2D eigenvalue weighted by molar-refractivity contribution is 7.88. The zero-order valence-electron chi connectivity index (χ0n) is 18.7. The molecule has 0 radical (unpaired) electrons. The molecule has 1 aromatic carbocycles. The maximum Gasteiger partial charge on any atom is 0.333 e. The summed E-state index contributed by atoms with van der Waals surface area (Å²) in [5.41, 5.74) is 2.84. The molecule has 1 aliphatic rings. The molecule has 0 spiro atoms. The van der Waals surface area contributed by atoms with Crippen molar-refractivity contribution in [3.05, 3.63) is 40.7 Å². The number of sulfonamides is 1. The number of carboxylic acids is 2. The molecule has 0 amide bonds. The summed E-state index contributed by atoms with van der Waals surface area (Å²) < 4.78 is 26.2. The van der Waals surface area contributed by atoms with Crippen LogP contribution in [-0.4, -0.2) is 89.4 Å². The van der Waals surface area contributed by atoms with Gasteiger partial charge in [0.05, 0.1) is 32.8 Å². The molecule has 33 heavy (non-hydrogen) atoms. The Morgan fingerprint density at radius 1 is 1.21 bits per heavy atom. The Morgan fingerprint density at radius 3 is 2.36 bits per heavy atom. The van der Waals surface area contributed by atoms with Gasteiger partial charge in [0.1, 0.15) is 0 Å². The van der Waals surface area contributed by atoms with Gasteiger partial charge in [0.2, 0.25) is 10.0 Å². The van der Waals surface area contributed by atoms with Crippen LogP contribution in [-0.2, 0) is 31.8 Å². The fourth-order valence-corrected chi connectivity index (χ4v) is 5.03. The van der Waals surface area contributed by atoms with Gasteiger partial charge >= 0.3 is 11.9 Å². The van der Waals surface area contributed by atoms with Gasteiger partial charge in [0.25, 0.3) is 0 Å². The number of quaternary nitrogens is 1. The van der Waals surface area contributed by atoms with Crippen molar-refractivity contribution in [1.82, 2.24) is 9.29 Å². The lowest BCUT2D eigenvalue weighted by Crippen LogP contribution is -2.34. The van der Waals surface area contributed by atoms with Crippen LogP contribution in [0.15, 0.2) is 24.4 Å². The molecule has 2 heterocycles. The lowest BCUT2D eigenvalue weighted by atomic mass is 10.1. The van der Waals surface area contributed by atoms with Gasteiger partial charge in [-0.05, 0) is 36.1 Å². The molecule has 0 bridgehead atoms. The van der Waals surface area contributed by atoms with Crippen LogP contribution in [0, 0.1) is 5.21 Å². The molecule has 1 unspecified atom stereocenters. The van der Waals surface area contributed by atoms with Gasteiger partial charge in [-0.1, -0.05) is 6.07 Å². The number of benzene rings is 1. The van der Waals surface area contributed by atoms with Crippen LogP contribution in [0.25, 0.3) is 10.9 Å². The van der Waals surface area contributed by atoms with Crippen LogP contribution in [0.2, 0.25) is 0 Å². The zero-order valence-corrected chi connectivity index (χ0v) is 19.5. The number of carbonyl (C=O) groups is 2. The maximum atomic E-state index is 12.5. The number of aliphatic carboxylic acids is 2. The number of H-pyrrole nitrogens is 1. The molecule has 0 saturated carbocycles. The maximum absolute atomic E-state index is 12.5. The van der Waals surface area contributed by atoms with E-state index in [4.69, 9.17) is 15.3 Å². The summed E-state index contributed by atoms with van der Waals surface area (Å²) in [4.78, 5) is 22.6. The van der Waals surface area contributed by atoms with Crippen LogP contribution in [0.1, 0.15) is 30.4 Å². The Hall–Kier alpha value is -2.51. The number of aliphatic hydroxyl groups excluding tert-OH is 1. The fraction of sp³-hybridized carbons (Fsp3) is 0.524. The molecule has 1 saturated heterocycles. The highest BCUT2D eigenvalue weighted by atomic mass is 32.2. The summed E-state index contributed by atoms with van der Waals surface area (Å²) >= 11 is 0. The van der Waals surface area contributed by atoms with E-state index in [0.29, 0.717) is 26.1 Å². The fourth-order valence-electron chi connectivity index (χ4n) is 3.43. The zero-order chi connectivity index (χ0) is 24.8. The number of aliphatic hydroxyl groups is 1. The summed E-state index contributed by atoms with van der Waals surface area (Å²) in [5, 5.41) is 36.9. The minimum Gasteiger partial charge on any atom is -0.633 e. The highest BCUT2D eigenvalue weighted by Crippen LogP contribution is 2.23. The van der Waals surface area contributed by atoms with E-state index in [-0.39, 0.29) is 10.4 Å². The number of aromatic amines is 1. The summed E-state index contributed by atoms with van der Waals surface area (Å²) in [6.45, 7) is 1.76. The number of rotatable bonds is 9. The van der Waals surface area contributed by atoms with Gasteiger partial charge in [0, 0.05) is 36.6 Å². The van der Waals surface area contributed by atoms with Crippen molar-refractivity contribution in [2.45, 2.75) is 37.5 Å². The van der Waals surface area contributed by atoms with Crippen LogP contribution in [0.5, 0.6) is 0 Å². The van der Waals surface area contributed by atoms with Gasteiger partial charge in [-0.15, -0.1) is 0 Å². The summed E-state index contributed by atoms with van der Waals surface area (Å²) in [6, 6.07) is 5.73. The minimum absolute atomic E-state index is 0.0384. The third kappa shape index (κ3) is 8.41. The van der Waals surface area contributed by atoms with Crippen molar-refractivity contribution >= 4 is 32.9 Å². The molecule has 184 valence electrons. The average molecular weight is 486 g/mol. The van der Waals surface area contributed by atoms with E-state index in [1.807, 2.05) is 24.4 Å². The van der Waals surface area contributed by atoms with E-state index in [2.05, 4.69) is 4.98 Å². The Morgan fingerprint density at radius 2 is 1.85 bits per heavy atom. The molecule has 1 aliphatic heterocycles. The largest absolute Gasteiger partial charge is 0.633 e. The Bertz CT molecular complexity index is 1070. The standard InChI is InChI=1S/C17H25N3O3S.C4H6O5/c1-20(2,21)10-7-15-12-18-17-6-5-14(11-16(15)17)13-24(22,23)19-8-3-4-9-19;5-2(4(8)9)1-3(6)7/h5-6,11-12,18H,3-4,7-10,13H2,1-2H3;2,5H,1H2,(H,6,7)(H,8,9). The minimum atomic E-state index is -3.24. The van der Waals surface area contributed by atoms with Crippen LogP contribution in [0.3, 0.4) is 0 Å². The number of likely N-dealkylation sites (N-methyl/N-ethyl adjacent to an activating group) is 1. The number of fused-ring (bicyclic) bond motifs is 1. The van der Waals surface area contributed by atoms with Gasteiger partial charge in [-0.2, -0.15) is 0 Å². The Balaban J connectivity index is 0.000000365. The van der Waals surface area contributed by atoms with Crippen molar-refractivity contribution < 1.29 is 38.0 Å². The Labute approximate surface area is 192 Å². The molecule has 11 nitrogen and oxygen atoms in total. The van der Waals surface area contributed by atoms with E-state index in [0.717, 1.165) is 34.9 Å². The number of carboxylic acid groups (broad SMARTS) is 2. The Kier molecular flexibility index (Phi) is 8.97. The SMILES string of the molecule is C[N+](C)([O-])CCc1c[nH]c2ccc(CS(=O)(=O)N3CCCC3)cc12.O=C(O)CC(O)C(=O)O. The van der Waals surface area contributed by atoms with Crippen molar-refractivity contribution in [3.63, 3.8) is 0 Å². The lowest BCUT2D eigenvalue weighted by molar-refractivity contribution is -0.839. The molecule has 3 rings (SSSR count). The molecule has 12 heteroatoms. The van der Waals surface area contributed by atoms with E-state index in [1.54, 1.807) is 18.4 Å². The first kappa shape index (κ1) is 26.7. The molecular formula is C21H31N3O8S. The first-order chi connectivity index (χ1) is 15.3. The van der Waals surface area contributed by atoms with Crippen molar-refractivity contribution in [2.75, 3.05) is 33.7 Å². The third-order valence-corrected chi connectivity index (χ3v) is 7.06. The second-order valence-corrected chi connectivity index (χ2v) is 10.5. The summed E-state index contributed by atoms with van der Waals surface area (Å²) in [7, 11) is 0.0126. The molecule has 1 atom stereocenters. The van der Waals surface area contributed by atoms with Crippen LogP contribution in [0.4, 0.5) is 0 Å². The van der Waals surface area contributed by atoms with Gasteiger partial charge in [-0.25, -0.2) is 17.5 Å². The normalized spacial score (nSPS) is 15.8. The van der Waals surface area contributed by atoms with Crippen molar-refractivity contribution in [2.24, 2.45) is 0 Å². The average Bonchev–Trinajstić information content (AvgIpc) is 3.36. The predicted molar refractivity (Wildman–Crippen MR) is 122 cm³/mol. The van der Waals surface area contributed by atoms with E-state index in [9.17, 15) is 23.2 Å². The summed E-state index contributed by atoms with van der Waals surface area (Å²) in [5.74, 6) is -2.81. The second kappa shape index (κ2) is 11.1. The predicted octanol–water partition coefficient (Wildman–Crippen LogP) is 1.12. The molecule has 1 fully saturated rings. The molecule has 4 N–H and O–H groups in total. The van der Waals surface area contributed by atoms with Gasteiger partial charge < -0.3 is 30.2 Å². The van der Waals surface area contributed by atoms with E-state index in [1.165, 1.54) is 0 Å². The van der Waals surface area contributed by atoms with E-state index < -0.39 is 34.5 Å². The van der Waals surface area contributed by atoms with Crippen molar-refractivity contribution in [3.8, 4) is 0 Å². The number of nitrogens with zero attached hydrogens (tertiary/aromatic N) is 2. The van der Waals surface area contributed by atoms with E-state index >= 15 is 0 Å². The number of hydrogen-bond acceptors (Lipinski definition) is 6. The first-order valence-corrected chi connectivity index (χ1v) is 12.1. The van der Waals surface area contributed by atoms with Gasteiger partial charge in [-0.3, -0.25) is 4.79 Å². The molecule has 0 aliphatic carbocycles. The van der Waals surface area contributed by atoms with Gasteiger partial charge in [0.15, 0.2) is 6.10 Å². The van der Waals surface area contributed by atoms with Crippen molar-refractivity contribution in [1.29, 1.82) is 0 Å².